The van der Waals surface area contributed by atoms with Gasteiger partial charge < -0.3 is 10.6 Å². The van der Waals surface area contributed by atoms with Crippen molar-refractivity contribution in [1.29, 1.82) is 0 Å². The van der Waals surface area contributed by atoms with Crippen LogP contribution in [-0.4, -0.2) is 24.5 Å². The molecule has 0 bridgehead atoms. The van der Waals surface area contributed by atoms with Crippen molar-refractivity contribution in [3.8, 4) is 11.3 Å². The summed E-state index contributed by atoms with van der Waals surface area (Å²) in [6.07, 6.45) is 0.404. The molecule has 0 radical (unpaired) electrons. The van der Waals surface area contributed by atoms with Gasteiger partial charge in [0, 0.05) is 23.9 Å². The summed E-state index contributed by atoms with van der Waals surface area (Å²) in [6.45, 7) is 2.34. The minimum absolute atomic E-state index is 0.0736. The first-order valence-electron chi connectivity index (χ1n) is 6.26. The molecular formula is C14H16FN3OS. The minimum atomic E-state index is -0.232. The first-order chi connectivity index (χ1) is 9.60. The second-order valence-corrected chi connectivity index (χ2v) is 5.26. The van der Waals surface area contributed by atoms with Crippen LogP contribution in [-0.2, 0) is 4.79 Å². The van der Waals surface area contributed by atoms with Gasteiger partial charge >= 0.3 is 0 Å². The average molecular weight is 293 g/mol. The van der Waals surface area contributed by atoms with Gasteiger partial charge in [-0.3, -0.25) is 4.79 Å². The molecule has 0 atom stereocenters. The van der Waals surface area contributed by atoms with Crippen LogP contribution in [0.25, 0.3) is 11.3 Å². The molecule has 0 saturated heterocycles. The Morgan fingerprint density at radius 2 is 2.25 bits per heavy atom. The number of carbonyl (C=O) groups is 1. The first kappa shape index (κ1) is 14.6. The van der Waals surface area contributed by atoms with Crippen LogP contribution in [0.1, 0.15) is 12.0 Å². The molecule has 4 nitrogen and oxygen atoms in total. The summed E-state index contributed by atoms with van der Waals surface area (Å²) >= 11 is 1.36. The number of benzene rings is 1. The number of amides is 1. The minimum Gasteiger partial charge on any atom is -0.319 e. The summed E-state index contributed by atoms with van der Waals surface area (Å²) in [5.41, 5.74) is 2.16. The molecule has 1 aromatic heterocycles. The third-order valence-electron chi connectivity index (χ3n) is 2.81. The number of nitrogens with one attached hydrogen (secondary N) is 2. The fraction of sp³-hybridized carbons (Fsp3) is 0.286. The van der Waals surface area contributed by atoms with Crippen molar-refractivity contribution in [3.05, 3.63) is 35.0 Å². The Balaban J connectivity index is 2.08. The van der Waals surface area contributed by atoms with E-state index in [0.717, 1.165) is 11.3 Å². The number of nitrogens with zero attached hydrogens (tertiary/aromatic N) is 1. The highest BCUT2D eigenvalue weighted by molar-refractivity contribution is 7.14. The van der Waals surface area contributed by atoms with E-state index in [1.54, 1.807) is 26.1 Å². The average Bonchev–Trinajstić information content (AvgIpc) is 2.88. The van der Waals surface area contributed by atoms with Crippen LogP contribution < -0.4 is 10.6 Å². The normalized spacial score (nSPS) is 10.6. The maximum absolute atomic E-state index is 13.2. The van der Waals surface area contributed by atoms with Crippen molar-refractivity contribution in [1.82, 2.24) is 10.3 Å². The lowest BCUT2D eigenvalue weighted by molar-refractivity contribution is -0.116. The smallest absolute Gasteiger partial charge is 0.227 e. The van der Waals surface area contributed by atoms with E-state index in [1.807, 2.05) is 5.38 Å². The van der Waals surface area contributed by atoms with Crippen molar-refractivity contribution < 1.29 is 9.18 Å². The van der Waals surface area contributed by atoms with Crippen molar-refractivity contribution in [3.63, 3.8) is 0 Å². The van der Waals surface area contributed by atoms with Crippen molar-refractivity contribution in [2.24, 2.45) is 0 Å². The predicted molar refractivity (Wildman–Crippen MR) is 79.4 cm³/mol. The topological polar surface area (TPSA) is 54.0 Å². The zero-order valence-electron chi connectivity index (χ0n) is 11.4. The molecule has 106 valence electrons. The van der Waals surface area contributed by atoms with E-state index in [9.17, 15) is 9.18 Å². The zero-order chi connectivity index (χ0) is 14.5. The molecule has 0 aliphatic heterocycles. The Labute approximate surface area is 121 Å². The van der Waals surface area contributed by atoms with E-state index in [4.69, 9.17) is 0 Å². The van der Waals surface area contributed by atoms with Gasteiger partial charge in [-0.2, -0.15) is 0 Å². The monoisotopic (exact) mass is 293 g/mol. The van der Waals surface area contributed by atoms with Gasteiger partial charge in [-0.25, -0.2) is 9.37 Å². The number of aromatic nitrogens is 1. The molecule has 0 fully saturated rings. The van der Waals surface area contributed by atoms with Crippen LogP contribution in [0.2, 0.25) is 0 Å². The Morgan fingerprint density at radius 1 is 1.45 bits per heavy atom. The maximum Gasteiger partial charge on any atom is 0.227 e. The molecule has 2 rings (SSSR count). The molecule has 2 aromatic rings. The van der Waals surface area contributed by atoms with E-state index in [1.165, 1.54) is 17.4 Å². The summed E-state index contributed by atoms with van der Waals surface area (Å²) < 4.78 is 13.2. The SMILES string of the molecule is CNCCC(=O)Nc1nc(-c2ccc(F)c(C)c2)cs1. The molecule has 0 spiro atoms. The van der Waals surface area contributed by atoms with Crippen LogP contribution in [0.15, 0.2) is 23.6 Å². The van der Waals surface area contributed by atoms with Gasteiger partial charge in [-0.05, 0) is 37.7 Å². The second-order valence-electron chi connectivity index (χ2n) is 4.40. The van der Waals surface area contributed by atoms with Gasteiger partial charge in [0.1, 0.15) is 5.82 Å². The molecule has 20 heavy (non-hydrogen) atoms. The third kappa shape index (κ3) is 3.61. The molecular weight excluding hydrogens is 277 g/mol. The quantitative estimate of drug-likeness (QED) is 0.891. The lowest BCUT2D eigenvalue weighted by atomic mass is 10.1. The molecule has 1 amide bonds. The van der Waals surface area contributed by atoms with Gasteiger partial charge in [0.05, 0.1) is 5.69 Å². The van der Waals surface area contributed by atoms with Crippen molar-refractivity contribution in [2.45, 2.75) is 13.3 Å². The van der Waals surface area contributed by atoms with Crippen LogP contribution in [0.5, 0.6) is 0 Å². The largest absolute Gasteiger partial charge is 0.319 e. The highest BCUT2D eigenvalue weighted by Gasteiger charge is 2.08. The third-order valence-corrected chi connectivity index (χ3v) is 3.56. The number of anilines is 1. The summed E-state index contributed by atoms with van der Waals surface area (Å²) in [5.74, 6) is -0.305. The molecule has 1 heterocycles. The van der Waals surface area contributed by atoms with Crippen LogP contribution in [0.4, 0.5) is 9.52 Å². The van der Waals surface area contributed by atoms with Crippen LogP contribution in [0.3, 0.4) is 0 Å². The summed E-state index contributed by atoms with van der Waals surface area (Å²) in [7, 11) is 1.80. The number of hydrogen-bond donors (Lipinski definition) is 2. The highest BCUT2D eigenvalue weighted by atomic mass is 32.1. The van der Waals surface area contributed by atoms with E-state index in [0.29, 0.717) is 23.7 Å². The lowest BCUT2D eigenvalue weighted by Gasteiger charge is -2.01. The number of aryl methyl sites for hydroxylation is 1. The maximum atomic E-state index is 13.2. The number of thiazole rings is 1. The number of rotatable bonds is 5. The molecule has 0 aliphatic carbocycles. The van der Waals surface area contributed by atoms with Crippen LogP contribution in [0, 0.1) is 12.7 Å². The van der Waals surface area contributed by atoms with E-state index in [-0.39, 0.29) is 11.7 Å². The predicted octanol–water partition coefficient (Wildman–Crippen LogP) is 2.81. The van der Waals surface area contributed by atoms with Crippen molar-refractivity contribution >= 4 is 22.4 Å². The standard InChI is InChI=1S/C14H16FN3OS/c1-9-7-10(3-4-11(9)15)12-8-20-14(17-12)18-13(19)5-6-16-2/h3-4,7-8,16H,5-6H2,1-2H3,(H,17,18,19). The molecule has 0 aliphatic rings. The number of carbonyl (C=O) groups excluding carboxylic acids is 1. The number of halogens is 1. The molecule has 1 aromatic carbocycles. The summed E-state index contributed by atoms with van der Waals surface area (Å²) in [6, 6.07) is 4.86. The fourth-order valence-electron chi connectivity index (χ4n) is 1.69. The van der Waals surface area contributed by atoms with Gasteiger partial charge in [-0.15, -0.1) is 11.3 Å². The summed E-state index contributed by atoms with van der Waals surface area (Å²) in [5, 5.41) is 8.07. The molecule has 0 unspecified atom stereocenters. The first-order valence-corrected chi connectivity index (χ1v) is 7.14. The lowest BCUT2D eigenvalue weighted by Crippen LogP contribution is -2.18. The van der Waals surface area contributed by atoms with Gasteiger partial charge in [0.15, 0.2) is 5.13 Å². The number of hydrogen-bond acceptors (Lipinski definition) is 4. The van der Waals surface area contributed by atoms with Gasteiger partial charge in [0.2, 0.25) is 5.91 Å². The fourth-order valence-corrected chi connectivity index (χ4v) is 2.42. The highest BCUT2D eigenvalue weighted by Crippen LogP contribution is 2.26. The Bertz CT molecular complexity index is 612. The zero-order valence-corrected chi connectivity index (χ0v) is 12.2. The van der Waals surface area contributed by atoms with E-state index >= 15 is 0 Å². The Morgan fingerprint density at radius 3 is 2.95 bits per heavy atom. The van der Waals surface area contributed by atoms with Gasteiger partial charge in [-0.1, -0.05) is 0 Å². The molecule has 0 saturated carbocycles. The van der Waals surface area contributed by atoms with E-state index < -0.39 is 0 Å². The van der Waals surface area contributed by atoms with Gasteiger partial charge in [0.25, 0.3) is 0 Å². The van der Waals surface area contributed by atoms with E-state index in [2.05, 4.69) is 15.6 Å². The van der Waals surface area contributed by atoms with Crippen LogP contribution >= 0.6 is 11.3 Å². The molecule has 6 heteroatoms. The second kappa shape index (κ2) is 6.58. The molecule has 2 N–H and O–H groups in total. The Hall–Kier alpha value is -1.79. The Kier molecular flexibility index (Phi) is 4.81. The summed E-state index contributed by atoms with van der Waals surface area (Å²) in [4.78, 5) is 15.9. The van der Waals surface area contributed by atoms with Crippen molar-refractivity contribution in [2.75, 3.05) is 18.9 Å².